The maximum Gasteiger partial charge on any atom is 0.337 e. The molecule has 2 nitrogen and oxygen atoms in total. The van der Waals surface area contributed by atoms with Crippen molar-refractivity contribution >= 4 is 27.4 Å². The average Bonchev–Trinajstić information content (AvgIpc) is 2.93. The number of ether oxygens (including phenoxy) is 1. The third-order valence-corrected chi connectivity index (χ3v) is 4.56. The first-order valence-corrected chi connectivity index (χ1v) is 7.42. The Morgan fingerprint density at radius 1 is 1.14 bits per heavy atom. The minimum Gasteiger partial charge on any atom is -0.465 e. The Bertz CT molecular complexity index is 825. The third kappa shape index (κ3) is 2.48. The largest absolute Gasteiger partial charge is 0.465 e. The van der Waals surface area contributed by atoms with Crippen LogP contribution in [0.5, 0.6) is 0 Å². The first-order chi connectivity index (χ1) is 10.6. The van der Waals surface area contributed by atoms with Crippen LogP contribution in [0, 0.1) is 0 Å². The molecule has 1 heterocycles. The van der Waals surface area contributed by atoms with Gasteiger partial charge in [-0.2, -0.15) is 0 Å². The summed E-state index contributed by atoms with van der Waals surface area (Å²) in [4.78, 5) is 11.6. The molecule has 0 atom stereocenters. The fourth-order valence-electron chi connectivity index (χ4n) is 2.42. The summed E-state index contributed by atoms with van der Waals surface area (Å²) in [5.41, 5.74) is 1.64. The van der Waals surface area contributed by atoms with Gasteiger partial charge >= 0.3 is 5.97 Å². The van der Waals surface area contributed by atoms with Crippen LogP contribution in [0.15, 0.2) is 48.5 Å². The molecule has 3 aromatic rings. The Morgan fingerprint density at radius 3 is 2.50 bits per heavy atom. The van der Waals surface area contributed by atoms with Crippen molar-refractivity contribution in [2.75, 3.05) is 7.11 Å². The molecule has 0 saturated heterocycles. The lowest BCUT2D eigenvalue weighted by molar-refractivity contribution is 0.0601. The number of halogens is 2. The van der Waals surface area contributed by atoms with Crippen molar-refractivity contribution in [3.8, 4) is 11.1 Å². The molecule has 0 aliphatic rings. The highest BCUT2D eigenvalue weighted by molar-refractivity contribution is 7.19. The smallest absolute Gasteiger partial charge is 0.337 e. The maximum atomic E-state index is 13.4. The van der Waals surface area contributed by atoms with E-state index in [0.29, 0.717) is 15.8 Å². The number of alkyl halides is 2. The van der Waals surface area contributed by atoms with Crippen molar-refractivity contribution in [3.05, 3.63) is 59.0 Å². The summed E-state index contributed by atoms with van der Waals surface area (Å²) in [6.45, 7) is 0. The topological polar surface area (TPSA) is 26.3 Å². The van der Waals surface area contributed by atoms with Gasteiger partial charge in [-0.15, -0.1) is 11.3 Å². The molecule has 0 fully saturated rings. The molecule has 5 heteroatoms. The molecular weight excluding hydrogens is 306 g/mol. The minimum atomic E-state index is -2.56. The highest BCUT2D eigenvalue weighted by Gasteiger charge is 2.21. The van der Waals surface area contributed by atoms with Crippen LogP contribution in [0.3, 0.4) is 0 Å². The molecule has 22 heavy (non-hydrogen) atoms. The van der Waals surface area contributed by atoms with Crippen LogP contribution in [0.25, 0.3) is 21.2 Å². The molecule has 0 aliphatic carbocycles. The van der Waals surface area contributed by atoms with Gasteiger partial charge in [0.1, 0.15) is 0 Å². The van der Waals surface area contributed by atoms with E-state index in [-0.39, 0.29) is 4.88 Å². The van der Waals surface area contributed by atoms with Gasteiger partial charge in [0, 0.05) is 15.6 Å². The number of hydrogen-bond donors (Lipinski definition) is 0. The van der Waals surface area contributed by atoms with Gasteiger partial charge in [0.2, 0.25) is 0 Å². The van der Waals surface area contributed by atoms with Crippen molar-refractivity contribution in [1.29, 1.82) is 0 Å². The average molecular weight is 318 g/mol. The fourth-order valence-corrected chi connectivity index (χ4v) is 3.54. The molecule has 0 unspecified atom stereocenters. The lowest BCUT2D eigenvalue weighted by atomic mass is 10.0. The van der Waals surface area contributed by atoms with Crippen LogP contribution >= 0.6 is 11.3 Å². The lowest BCUT2D eigenvalue weighted by Crippen LogP contribution is -1.99. The molecule has 0 radical (unpaired) electrons. The van der Waals surface area contributed by atoms with Gasteiger partial charge in [-0.05, 0) is 17.7 Å². The van der Waals surface area contributed by atoms with Gasteiger partial charge in [0.15, 0.2) is 0 Å². The number of methoxy groups -OCH3 is 1. The van der Waals surface area contributed by atoms with Gasteiger partial charge in [0.25, 0.3) is 6.43 Å². The summed E-state index contributed by atoms with van der Waals surface area (Å²) in [6.07, 6.45) is -2.56. The summed E-state index contributed by atoms with van der Waals surface area (Å²) >= 11 is 1.01. The molecule has 112 valence electrons. The molecule has 0 N–H and O–H groups in total. The molecule has 0 spiro atoms. The molecule has 0 bridgehead atoms. The normalized spacial score (nSPS) is 11.1. The molecular formula is C17H12F2O2S. The van der Waals surface area contributed by atoms with E-state index in [9.17, 15) is 13.6 Å². The van der Waals surface area contributed by atoms with Gasteiger partial charge in [0.05, 0.1) is 17.6 Å². The highest BCUT2D eigenvalue weighted by Crippen LogP contribution is 2.43. The second kappa shape index (κ2) is 5.85. The summed E-state index contributed by atoms with van der Waals surface area (Å²) < 4.78 is 32.1. The SMILES string of the molecule is COC(=O)c1ccc2c(-c3ccccc3)c(C(F)F)sc2c1. The van der Waals surface area contributed by atoms with Gasteiger partial charge in [-0.3, -0.25) is 0 Å². The van der Waals surface area contributed by atoms with Gasteiger partial charge < -0.3 is 4.74 Å². The predicted molar refractivity (Wildman–Crippen MR) is 83.6 cm³/mol. The third-order valence-electron chi connectivity index (χ3n) is 3.40. The van der Waals surface area contributed by atoms with Crippen LogP contribution in [0.1, 0.15) is 21.7 Å². The van der Waals surface area contributed by atoms with Gasteiger partial charge in [-0.1, -0.05) is 36.4 Å². The lowest BCUT2D eigenvalue weighted by Gasteiger charge is -2.04. The Balaban J connectivity index is 2.26. The minimum absolute atomic E-state index is 0.0169. The molecule has 0 saturated carbocycles. The molecule has 2 aromatic carbocycles. The number of esters is 1. The van der Waals surface area contributed by atoms with Crippen LogP contribution in [0.2, 0.25) is 0 Å². The van der Waals surface area contributed by atoms with E-state index < -0.39 is 12.4 Å². The van der Waals surface area contributed by atoms with Crippen molar-refractivity contribution < 1.29 is 18.3 Å². The standard InChI is InChI=1S/C17H12F2O2S/c1-21-17(20)11-7-8-12-13(9-11)22-15(16(18)19)14(12)10-5-3-2-4-6-10/h2-9,16H,1H3. The van der Waals surface area contributed by atoms with E-state index in [2.05, 4.69) is 4.74 Å². The van der Waals surface area contributed by atoms with Crippen molar-refractivity contribution in [2.45, 2.75) is 6.43 Å². The van der Waals surface area contributed by atoms with Crippen LogP contribution in [-0.2, 0) is 4.74 Å². The first kappa shape index (κ1) is 14.7. The van der Waals surface area contributed by atoms with Crippen molar-refractivity contribution in [1.82, 2.24) is 0 Å². The van der Waals surface area contributed by atoms with Crippen molar-refractivity contribution in [3.63, 3.8) is 0 Å². The van der Waals surface area contributed by atoms with E-state index in [1.165, 1.54) is 7.11 Å². The summed E-state index contributed by atoms with van der Waals surface area (Å²) in [7, 11) is 1.29. The van der Waals surface area contributed by atoms with E-state index in [1.54, 1.807) is 18.2 Å². The monoisotopic (exact) mass is 318 g/mol. The molecule has 0 aliphatic heterocycles. The molecule has 1 aromatic heterocycles. The number of hydrogen-bond acceptors (Lipinski definition) is 3. The Kier molecular flexibility index (Phi) is 3.90. The first-order valence-electron chi connectivity index (χ1n) is 6.60. The number of carbonyl (C=O) groups excluding carboxylic acids is 1. The summed E-state index contributed by atoms with van der Waals surface area (Å²) in [6, 6.07) is 14.0. The van der Waals surface area contributed by atoms with E-state index in [1.807, 2.05) is 30.3 Å². The Morgan fingerprint density at radius 2 is 1.86 bits per heavy atom. The van der Waals surface area contributed by atoms with E-state index in [4.69, 9.17) is 0 Å². The van der Waals surface area contributed by atoms with Crippen LogP contribution < -0.4 is 0 Å². The molecule has 3 rings (SSSR count). The van der Waals surface area contributed by atoms with Crippen LogP contribution in [0.4, 0.5) is 8.78 Å². The second-order valence-corrected chi connectivity index (χ2v) is 5.79. The quantitative estimate of drug-likeness (QED) is 0.613. The number of benzene rings is 2. The van der Waals surface area contributed by atoms with E-state index in [0.717, 1.165) is 22.3 Å². The van der Waals surface area contributed by atoms with Gasteiger partial charge in [-0.25, -0.2) is 13.6 Å². The zero-order valence-electron chi connectivity index (χ0n) is 11.7. The number of carbonyl (C=O) groups is 1. The Labute approximate surface area is 130 Å². The molecule has 0 amide bonds. The van der Waals surface area contributed by atoms with E-state index >= 15 is 0 Å². The second-order valence-electron chi connectivity index (χ2n) is 4.71. The number of thiophene rings is 1. The number of rotatable bonds is 3. The highest BCUT2D eigenvalue weighted by atomic mass is 32.1. The zero-order valence-corrected chi connectivity index (χ0v) is 12.5. The maximum absolute atomic E-state index is 13.4. The zero-order chi connectivity index (χ0) is 15.7. The Hall–Kier alpha value is -2.27. The fraction of sp³-hybridized carbons (Fsp3) is 0.118. The van der Waals surface area contributed by atoms with Crippen LogP contribution in [-0.4, -0.2) is 13.1 Å². The predicted octanol–water partition coefficient (Wildman–Crippen LogP) is 5.29. The van der Waals surface area contributed by atoms with Crippen molar-refractivity contribution in [2.24, 2.45) is 0 Å². The number of fused-ring (bicyclic) bond motifs is 1. The summed E-state index contributed by atoms with van der Waals surface area (Å²) in [5, 5.41) is 0.721. The summed E-state index contributed by atoms with van der Waals surface area (Å²) in [5.74, 6) is -0.477.